The molecule has 172 valence electrons. The van der Waals surface area contributed by atoms with Gasteiger partial charge in [-0.15, -0.1) is 0 Å². The summed E-state index contributed by atoms with van der Waals surface area (Å²) in [4.78, 5) is 13.0. The minimum Gasteiger partial charge on any atom is -0.494 e. The van der Waals surface area contributed by atoms with Crippen molar-refractivity contribution >= 4 is 16.7 Å². The summed E-state index contributed by atoms with van der Waals surface area (Å²) >= 11 is 0. The lowest BCUT2D eigenvalue weighted by Crippen LogP contribution is -2.21. The van der Waals surface area contributed by atoms with E-state index in [1.54, 1.807) is 24.3 Å². The fraction of sp³-hybridized carbons (Fsp3) is 0.103. The molecule has 0 radical (unpaired) electrons. The first kappa shape index (κ1) is 22.1. The van der Waals surface area contributed by atoms with Gasteiger partial charge >= 0.3 is 5.97 Å². The van der Waals surface area contributed by atoms with Crippen LogP contribution in [0.4, 0.5) is 0 Å². The number of fused-ring (bicyclic) bond motifs is 2. The highest BCUT2D eigenvalue weighted by Gasteiger charge is 2.31. The van der Waals surface area contributed by atoms with Crippen molar-refractivity contribution in [2.24, 2.45) is 5.73 Å². The van der Waals surface area contributed by atoms with Gasteiger partial charge in [-0.25, -0.2) is 4.79 Å². The van der Waals surface area contributed by atoms with Gasteiger partial charge < -0.3 is 19.9 Å². The van der Waals surface area contributed by atoms with Crippen LogP contribution >= 0.6 is 0 Å². The normalized spacial score (nSPS) is 14.6. The van der Waals surface area contributed by atoms with Crippen LogP contribution in [0.3, 0.4) is 0 Å². The Morgan fingerprint density at radius 2 is 1.74 bits per heavy atom. The van der Waals surface area contributed by atoms with Crippen molar-refractivity contribution in [1.29, 1.82) is 5.26 Å². The van der Waals surface area contributed by atoms with Crippen molar-refractivity contribution in [3.8, 4) is 23.3 Å². The molecule has 0 amide bonds. The van der Waals surface area contributed by atoms with Gasteiger partial charge in [0.1, 0.15) is 28.9 Å². The smallest absolute Gasteiger partial charge is 0.344 e. The van der Waals surface area contributed by atoms with Crippen LogP contribution in [0.2, 0.25) is 0 Å². The molecule has 2 N–H and O–H groups in total. The molecule has 0 bridgehead atoms. The molecule has 0 saturated carbocycles. The number of carbonyl (C=O) groups excluding carboxylic acids is 1. The van der Waals surface area contributed by atoms with Crippen LogP contribution in [-0.2, 0) is 0 Å². The quantitative estimate of drug-likeness (QED) is 0.303. The van der Waals surface area contributed by atoms with E-state index in [1.165, 1.54) is 0 Å². The van der Waals surface area contributed by atoms with E-state index in [9.17, 15) is 10.1 Å². The number of nitrogens with two attached hydrogens (primary N) is 1. The molecular weight excluding hydrogens is 440 g/mol. The Labute approximate surface area is 202 Å². The summed E-state index contributed by atoms with van der Waals surface area (Å²) < 4.78 is 17.0. The lowest BCUT2D eigenvalue weighted by atomic mass is 9.83. The molecule has 1 atom stereocenters. The fourth-order valence-corrected chi connectivity index (χ4v) is 4.33. The predicted molar refractivity (Wildman–Crippen MR) is 132 cm³/mol. The maximum absolute atomic E-state index is 13.0. The van der Waals surface area contributed by atoms with Gasteiger partial charge in [-0.05, 0) is 47.5 Å². The summed E-state index contributed by atoms with van der Waals surface area (Å²) in [7, 11) is 0. The number of rotatable bonds is 5. The summed E-state index contributed by atoms with van der Waals surface area (Å²) in [6.07, 6.45) is 0. The number of carbonyl (C=O) groups is 1. The molecule has 1 aliphatic rings. The van der Waals surface area contributed by atoms with Crippen molar-refractivity contribution in [3.05, 3.63) is 113 Å². The maximum atomic E-state index is 13.0. The standard InChI is InChI=1S/C29H22N2O4/c1-2-33-20-12-10-19(11-13-20)27-24-15-14-21(16-26(24)35-28(31)25(27)17-30)34-29(32)23-9-5-7-18-6-3-4-8-22(18)23/h3-16,27H,2,31H2,1H3. The van der Waals surface area contributed by atoms with E-state index < -0.39 is 11.9 Å². The highest BCUT2D eigenvalue weighted by atomic mass is 16.5. The molecule has 4 aromatic carbocycles. The highest BCUT2D eigenvalue weighted by Crippen LogP contribution is 2.43. The van der Waals surface area contributed by atoms with E-state index in [4.69, 9.17) is 19.9 Å². The summed E-state index contributed by atoms with van der Waals surface area (Å²) in [6.45, 7) is 2.49. The van der Waals surface area contributed by atoms with Crippen LogP contribution in [0.15, 0.2) is 96.4 Å². The zero-order valence-electron chi connectivity index (χ0n) is 19.0. The van der Waals surface area contributed by atoms with Crippen molar-refractivity contribution in [2.45, 2.75) is 12.8 Å². The van der Waals surface area contributed by atoms with Crippen LogP contribution < -0.4 is 19.9 Å². The number of ether oxygens (including phenoxy) is 3. The molecule has 6 nitrogen and oxygen atoms in total. The van der Waals surface area contributed by atoms with E-state index in [1.807, 2.05) is 67.6 Å². The van der Waals surface area contributed by atoms with E-state index in [0.717, 1.165) is 27.6 Å². The Morgan fingerprint density at radius 1 is 1.00 bits per heavy atom. The van der Waals surface area contributed by atoms with Gasteiger partial charge in [0.25, 0.3) is 0 Å². The van der Waals surface area contributed by atoms with Crippen LogP contribution in [0.25, 0.3) is 10.8 Å². The third-order valence-electron chi connectivity index (χ3n) is 5.94. The zero-order chi connectivity index (χ0) is 24.4. The largest absolute Gasteiger partial charge is 0.494 e. The van der Waals surface area contributed by atoms with Crippen LogP contribution in [-0.4, -0.2) is 12.6 Å². The lowest BCUT2D eigenvalue weighted by Gasteiger charge is -2.26. The first-order valence-corrected chi connectivity index (χ1v) is 11.2. The monoisotopic (exact) mass is 462 g/mol. The van der Waals surface area contributed by atoms with Crippen LogP contribution in [0.5, 0.6) is 17.2 Å². The fourth-order valence-electron chi connectivity index (χ4n) is 4.33. The van der Waals surface area contributed by atoms with Crippen molar-refractivity contribution in [2.75, 3.05) is 6.61 Å². The van der Waals surface area contributed by atoms with E-state index in [2.05, 4.69) is 6.07 Å². The van der Waals surface area contributed by atoms with Crippen LogP contribution in [0, 0.1) is 11.3 Å². The minimum atomic E-state index is -0.471. The maximum Gasteiger partial charge on any atom is 0.344 e. The van der Waals surface area contributed by atoms with E-state index in [-0.39, 0.29) is 5.88 Å². The van der Waals surface area contributed by atoms with Crippen molar-refractivity contribution in [3.63, 3.8) is 0 Å². The summed E-state index contributed by atoms with van der Waals surface area (Å²) in [5.74, 6) is 0.638. The summed E-state index contributed by atoms with van der Waals surface area (Å²) in [5.41, 5.74) is 8.54. The third-order valence-corrected chi connectivity index (χ3v) is 5.94. The van der Waals surface area contributed by atoms with E-state index >= 15 is 0 Å². The molecule has 4 aromatic rings. The van der Waals surface area contributed by atoms with Gasteiger partial charge in [0.15, 0.2) is 0 Å². The van der Waals surface area contributed by atoms with Crippen LogP contribution in [0.1, 0.15) is 34.3 Å². The van der Waals surface area contributed by atoms with Gasteiger partial charge in [0, 0.05) is 11.6 Å². The number of nitriles is 1. The SMILES string of the molecule is CCOc1ccc(C2C(C#N)=C(N)Oc3cc(OC(=O)c4cccc5ccccc45)ccc32)cc1. The van der Waals surface area contributed by atoms with Gasteiger partial charge in [-0.2, -0.15) is 5.26 Å². The number of nitrogens with zero attached hydrogens (tertiary/aromatic N) is 1. The molecule has 35 heavy (non-hydrogen) atoms. The first-order chi connectivity index (χ1) is 17.1. The molecule has 1 aliphatic heterocycles. The number of allylic oxidation sites excluding steroid dienone is 1. The summed E-state index contributed by atoms with van der Waals surface area (Å²) in [5, 5.41) is 11.6. The van der Waals surface area contributed by atoms with Gasteiger partial charge in [0.05, 0.1) is 18.1 Å². The zero-order valence-corrected chi connectivity index (χ0v) is 19.0. The minimum absolute atomic E-state index is 0.0245. The molecule has 1 unspecified atom stereocenters. The second kappa shape index (κ2) is 9.24. The molecule has 5 rings (SSSR count). The third kappa shape index (κ3) is 4.16. The van der Waals surface area contributed by atoms with Gasteiger partial charge in [-0.1, -0.05) is 54.6 Å². The number of hydrogen-bond donors (Lipinski definition) is 1. The van der Waals surface area contributed by atoms with E-state index in [0.29, 0.717) is 29.2 Å². The highest BCUT2D eigenvalue weighted by molar-refractivity contribution is 6.05. The Bertz CT molecular complexity index is 1490. The molecule has 0 aromatic heterocycles. The second-order valence-electron chi connectivity index (χ2n) is 8.04. The number of esters is 1. The van der Waals surface area contributed by atoms with Crippen molar-refractivity contribution in [1.82, 2.24) is 0 Å². The Balaban J connectivity index is 1.48. The van der Waals surface area contributed by atoms with Gasteiger partial charge in [0.2, 0.25) is 5.88 Å². The molecule has 0 saturated heterocycles. The lowest BCUT2D eigenvalue weighted by molar-refractivity contribution is 0.0736. The molecule has 1 heterocycles. The molecule has 0 aliphatic carbocycles. The Hall–Kier alpha value is -4.76. The topological polar surface area (TPSA) is 94.6 Å². The number of benzene rings is 4. The Morgan fingerprint density at radius 3 is 2.51 bits per heavy atom. The average molecular weight is 463 g/mol. The second-order valence-corrected chi connectivity index (χ2v) is 8.04. The number of hydrogen-bond acceptors (Lipinski definition) is 6. The predicted octanol–water partition coefficient (Wildman–Crippen LogP) is 5.68. The Kier molecular flexibility index (Phi) is 5.82. The van der Waals surface area contributed by atoms with Crippen molar-refractivity contribution < 1.29 is 19.0 Å². The van der Waals surface area contributed by atoms with Gasteiger partial charge in [-0.3, -0.25) is 0 Å². The first-order valence-electron chi connectivity index (χ1n) is 11.2. The molecule has 6 heteroatoms. The summed E-state index contributed by atoms with van der Waals surface area (Å²) in [6, 6.07) is 28.0. The molecule has 0 spiro atoms. The molecule has 0 fully saturated rings. The molecular formula is C29H22N2O4. The average Bonchev–Trinajstić information content (AvgIpc) is 2.88.